The van der Waals surface area contributed by atoms with E-state index >= 15 is 0 Å². The van der Waals surface area contributed by atoms with Crippen molar-refractivity contribution in [3.8, 4) is 0 Å². The minimum absolute atomic E-state index is 0.153. The summed E-state index contributed by atoms with van der Waals surface area (Å²) in [6.45, 7) is 5.30. The fraction of sp³-hybridized carbons (Fsp3) is 0.429. The highest BCUT2D eigenvalue weighted by Crippen LogP contribution is 2.01. The predicted molar refractivity (Wildman–Crippen MR) is 40.2 cm³/mol. The number of nitrogens with zero attached hydrogens (tertiary/aromatic N) is 1. The Balaban J connectivity index is 4.42. The summed E-state index contributed by atoms with van der Waals surface area (Å²) in [5.74, 6) is 0. The molecule has 0 aromatic heterocycles. The van der Waals surface area contributed by atoms with Gasteiger partial charge in [-0.05, 0) is 26.8 Å². The average molecular weight is 141 g/mol. The van der Waals surface area contributed by atoms with Gasteiger partial charge in [-0.15, -0.1) is 0 Å². The molecule has 0 atom stereocenters. The van der Waals surface area contributed by atoms with Crippen LogP contribution in [0.4, 0.5) is 0 Å². The molecule has 0 aliphatic carbocycles. The van der Waals surface area contributed by atoms with Crippen LogP contribution < -0.4 is 0 Å². The summed E-state index contributed by atoms with van der Waals surface area (Å²) in [4.78, 5) is 9.76. The maximum atomic E-state index is 10.2. The van der Waals surface area contributed by atoms with Crippen molar-refractivity contribution in [1.29, 1.82) is 0 Å². The SMILES string of the molecule is C/C=C(\C=C(C)C)[N+](=O)[O-]. The van der Waals surface area contributed by atoms with Crippen molar-refractivity contribution in [1.82, 2.24) is 0 Å². The molecule has 0 N–H and O–H groups in total. The summed E-state index contributed by atoms with van der Waals surface area (Å²) in [6, 6.07) is 0. The second kappa shape index (κ2) is 3.82. The van der Waals surface area contributed by atoms with Crippen LogP contribution in [0.3, 0.4) is 0 Å². The van der Waals surface area contributed by atoms with Crippen LogP contribution in [0.15, 0.2) is 23.4 Å². The first kappa shape index (κ1) is 8.88. The molecule has 3 heteroatoms. The fourth-order valence-corrected chi connectivity index (χ4v) is 0.537. The molecule has 0 spiro atoms. The maximum absolute atomic E-state index is 10.2. The molecule has 0 fully saturated rings. The average Bonchev–Trinajstić information content (AvgIpc) is 1.81. The highest BCUT2D eigenvalue weighted by Gasteiger charge is 2.02. The molecule has 0 aliphatic heterocycles. The van der Waals surface area contributed by atoms with Gasteiger partial charge in [0.05, 0.1) is 4.92 Å². The van der Waals surface area contributed by atoms with Crippen molar-refractivity contribution < 1.29 is 4.92 Å². The predicted octanol–water partition coefficient (Wildman–Crippen LogP) is 2.13. The van der Waals surface area contributed by atoms with E-state index in [0.717, 1.165) is 5.57 Å². The van der Waals surface area contributed by atoms with Gasteiger partial charge in [-0.2, -0.15) is 0 Å². The largest absolute Gasteiger partial charge is 0.265 e. The Morgan fingerprint density at radius 1 is 1.50 bits per heavy atom. The lowest BCUT2D eigenvalue weighted by atomic mass is 10.3. The van der Waals surface area contributed by atoms with Crippen LogP contribution in [0.1, 0.15) is 20.8 Å². The zero-order valence-electron chi connectivity index (χ0n) is 6.42. The van der Waals surface area contributed by atoms with Crippen molar-refractivity contribution in [2.45, 2.75) is 20.8 Å². The number of rotatable bonds is 2. The molecule has 0 aliphatic rings. The molecule has 0 aromatic carbocycles. The van der Waals surface area contributed by atoms with Gasteiger partial charge in [0, 0.05) is 6.08 Å². The van der Waals surface area contributed by atoms with Crippen molar-refractivity contribution >= 4 is 0 Å². The summed E-state index contributed by atoms with van der Waals surface area (Å²) in [5, 5.41) is 10.2. The molecule has 0 unspecified atom stereocenters. The minimum atomic E-state index is -0.396. The number of hydrogen-bond acceptors (Lipinski definition) is 2. The zero-order chi connectivity index (χ0) is 8.15. The second-order valence-electron chi connectivity index (χ2n) is 2.19. The lowest BCUT2D eigenvalue weighted by molar-refractivity contribution is -0.419. The Hall–Kier alpha value is -1.12. The molecular weight excluding hydrogens is 130 g/mol. The van der Waals surface area contributed by atoms with Crippen LogP contribution in [0.25, 0.3) is 0 Å². The molecular formula is C7H11NO2. The van der Waals surface area contributed by atoms with E-state index in [2.05, 4.69) is 0 Å². The van der Waals surface area contributed by atoms with E-state index in [1.165, 1.54) is 6.08 Å². The van der Waals surface area contributed by atoms with Crippen LogP contribution in [0.5, 0.6) is 0 Å². The zero-order valence-corrected chi connectivity index (χ0v) is 6.42. The van der Waals surface area contributed by atoms with Gasteiger partial charge in [0.15, 0.2) is 0 Å². The Bertz CT molecular complexity index is 188. The molecule has 0 radical (unpaired) electrons. The van der Waals surface area contributed by atoms with E-state index in [1.54, 1.807) is 13.0 Å². The molecule has 0 heterocycles. The summed E-state index contributed by atoms with van der Waals surface area (Å²) in [5.41, 5.74) is 1.09. The van der Waals surface area contributed by atoms with E-state index in [4.69, 9.17) is 0 Å². The maximum Gasteiger partial charge on any atom is 0.265 e. The first-order valence-electron chi connectivity index (χ1n) is 3.03. The Morgan fingerprint density at radius 2 is 2.00 bits per heavy atom. The van der Waals surface area contributed by atoms with Crippen LogP contribution in [-0.4, -0.2) is 4.92 Å². The van der Waals surface area contributed by atoms with Gasteiger partial charge in [0.25, 0.3) is 5.70 Å². The summed E-state index contributed by atoms with van der Waals surface area (Å²) >= 11 is 0. The molecule has 0 saturated heterocycles. The summed E-state index contributed by atoms with van der Waals surface area (Å²) in [6.07, 6.45) is 3.02. The number of nitro groups is 1. The van der Waals surface area contributed by atoms with Crippen molar-refractivity contribution in [2.75, 3.05) is 0 Å². The third-order valence-electron chi connectivity index (χ3n) is 0.943. The van der Waals surface area contributed by atoms with E-state index < -0.39 is 4.92 Å². The van der Waals surface area contributed by atoms with Gasteiger partial charge >= 0.3 is 0 Å². The molecule has 10 heavy (non-hydrogen) atoms. The first-order chi connectivity index (χ1) is 4.57. The van der Waals surface area contributed by atoms with Crippen molar-refractivity contribution in [3.05, 3.63) is 33.5 Å². The topological polar surface area (TPSA) is 43.1 Å². The fourth-order valence-electron chi connectivity index (χ4n) is 0.537. The molecule has 0 bridgehead atoms. The normalized spacial score (nSPS) is 10.9. The molecule has 0 saturated carbocycles. The Morgan fingerprint density at radius 3 is 2.10 bits per heavy atom. The van der Waals surface area contributed by atoms with Crippen LogP contribution in [0.2, 0.25) is 0 Å². The van der Waals surface area contributed by atoms with Gasteiger partial charge < -0.3 is 0 Å². The van der Waals surface area contributed by atoms with Gasteiger partial charge in [-0.25, -0.2) is 0 Å². The Kier molecular flexibility index (Phi) is 3.39. The Labute approximate surface area is 60.2 Å². The summed E-state index contributed by atoms with van der Waals surface area (Å²) < 4.78 is 0. The second-order valence-corrected chi connectivity index (χ2v) is 2.19. The molecule has 0 rings (SSSR count). The van der Waals surface area contributed by atoms with E-state index in [0.29, 0.717) is 0 Å². The smallest absolute Gasteiger partial charge is 0.258 e. The van der Waals surface area contributed by atoms with E-state index in [9.17, 15) is 10.1 Å². The molecule has 0 amide bonds. The van der Waals surface area contributed by atoms with E-state index in [-0.39, 0.29) is 5.70 Å². The summed E-state index contributed by atoms with van der Waals surface area (Å²) in [7, 11) is 0. The van der Waals surface area contributed by atoms with Gasteiger partial charge in [-0.3, -0.25) is 10.1 Å². The molecule has 56 valence electrons. The number of allylic oxidation sites excluding steroid dienone is 3. The van der Waals surface area contributed by atoms with Crippen LogP contribution >= 0.6 is 0 Å². The van der Waals surface area contributed by atoms with Crippen molar-refractivity contribution in [3.63, 3.8) is 0 Å². The minimum Gasteiger partial charge on any atom is -0.258 e. The van der Waals surface area contributed by atoms with Crippen LogP contribution in [0, 0.1) is 10.1 Å². The quantitative estimate of drug-likeness (QED) is 0.336. The lowest BCUT2D eigenvalue weighted by Crippen LogP contribution is -1.94. The number of hydrogen-bond donors (Lipinski definition) is 0. The van der Waals surface area contributed by atoms with Gasteiger partial charge in [-0.1, -0.05) is 5.57 Å². The molecule has 0 aromatic rings. The van der Waals surface area contributed by atoms with Gasteiger partial charge in [0.1, 0.15) is 0 Å². The standard InChI is InChI=1S/C7H11NO2/c1-4-7(8(9)10)5-6(2)3/h4-5H,1-3H3/b7-4+. The molecule has 3 nitrogen and oxygen atoms in total. The first-order valence-corrected chi connectivity index (χ1v) is 3.03. The third-order valence-corrected chi connectivity index (χ3v) is 0.943. The third kappa shape index (κ3) is 3.02. The van der Waals surface area contributed by atoms with Gasteiger partial charge in [0.2, 0.25) is 0 Å². The highest BCUT2D eigenvalue weighted by atomic mass is 16.6. The van der Waals surface area contributed by atoms with Crippen molar-refractivity contribution in [2.24, 2.45) is 0 Å². The lowest BCUT2D eigenvalue weighted by Gasteiger charge is -1.89. The van der Waals surface area contributed by atoms with Crippen LogP contribution in [-0.2, 0) is 0 Å². The van der Waals surface area contributed by atoms with E-state index in [1.807, 2.05) is 13.8 Å². The highest BCUT2D eigenvalue weighted by molar-refractivity contribution is 5.14. The monoisotopic (exact) mass is 141 g/mol.